The first-order valence-corrected chi connectivity index (χ1v) is 9.06. The molecule has 1 N–H and O–H groups in total. The van der Waals surface area contributed by atoms with Crippen LogP contribution in [0.4, 0.5) is 0 Å². The van der Waals surface area contributed by atoms with Gasteiger partial charge in [0.2, 0.25) is 5.91 Å². The lowest BCUT2D eigenvalue weighted by Gasteiger charge is -2.41. The molecule has 1 aliphatic heterocycles. The quantitative estimate of drug-likeness (QED) is 0.660. The molecule has 0 aromatic rings. The van der Waals surface area contributed by atoms with Gasteiger partial charge in [-0.15, -0.1) is 0 Å². The van der Waals surface area contributed by atoms with Gasteiger partial charge in [0.05, 0.1) is 18.2 Å². The predicted molar refractivity (Wildman–Crippen MR) is 93.5 cm³/mol. The maximum Gasteiger partial charge on any atom is 0.237 e. The molecule has 0 aromatic carbocycles. The molecule has 1 fully saturated rings. The van der Waals surface area contributed by atoms with Crippen molar-refractivity contribution in [2.75, 3.05) is 32.8 Å². The van der Waals surface area contributed by atoms with Crippen LogP contribution >= 0.6 is 0 Å². The number of carbonyl (C=O) groups excluding carboxylic acids is 1. The minimum atomic E-state index is -0.0830. The van der Waals surface area contributed by atoms with Crippen molar-refractivity contribution in [3.05, 3.63) is 0 Å². The van der Waals surface area contributed by atoms with E-state index in [-0.39, 0.29) is 30.1 Å². The summed E-state index contributed by atoms with van der Waals surface area (Å²) < 4.78 is 11.3. The number of carbonyl (C=O) groups is 1. The zero-order chi connectivity index (χ0) is 17.4. The molecule has 23 heavy (non-hydrogen) atoms. The lowest BCUT2D eigenvalue weighted by atomic mass is 9.99. The van der Waals surface area contributed by atoms with Crippen LogP contribution < -0.4 is 5.32 Å². The van der Waals surface area contributed by atoms with Gasteiger partial charge in [0.15, 0.2) is 0 Å². The zero-order valence-corrected chi connectivity index (χ0v) is 15.8. The van der Waals surface area contributed by atoms with Gasteiger partial charge in [0, 0.05) is 32.8 Å². The van der Waals surface area contributed by atoms with Crippen LogP contribution in [0.25, 0.3) is 0 Å². The molecule has 5 heteroatoms. The summed E-state index contributed by atoms with van der Waals surface area (Å²) >= 11 is 0. The summed E-state index contributed by atoms with van der Waals surface area (Å²) in [6, 6.07) is -0.0830. The molecular weight excluding hydrogens is 292 g/mol. The van der Waals surface area contributed by atoms with Crippen LogP contribution in [-0.2, 0) is 14.3 Å². The molecule has 0 spiro atoms. The van der Waals surface area contributed by atoms with Gasteiger partial charge in [-0.25, -0.2) is 0 Å². The van der Waals surface area contributed by atoms with Crippen LogP contribution in [0.15, 0.2) is 0 Å². The van der Waals surface area contributed by atoms with E-state index in [1.54, 1.807) is 0 Å². The number of rotatable bonds is 9. The first kappa shape index (κ1) is 20.4. The lowest BCUT2D eigenvalue weighted by Crippen LogP contribution is -2.57. The average molecular weight is 328 g/mol. The van der Waals surface area contributed by atoms with Gasteiger partial charge in [0.25, 0.3) is 0 Å². The van der Waals surface area contributed by atoms with Gasteiger partial charge in [-0.1, -0.05) is 27.7 Å². The molecule has 1 amide bonds. The summed E-state index contributed by atoms with van der Waals surface area (Å²) in [4.78, 5) is 14.9. The highest BCUT2D eigenvalue weighted by Gasteiger charge is 2.33. The van der Waals surface area contributed by atoms with Crippen molar-refractivity contribution in [2.24, 2.45) is 11.8 Å². The summed E-state index contributed by atoms with van der Waals surface area (Å²) in [6.07, 6.45) is 1.22. The van der Waals surface area contributed by atoms with Crippen molar-refractivity contribution >= 4 is 5.91 Å². The predicted octanol–water partition coefficient (Wildman–Crippen LogP) is 2.30. The fraction of sp³-hybridized carbons (Fsp3) is 0.944. The molecule has 1 rings (SSSR count). The van der Waals surface area contributed by atoms with Crippen molar-refractivity contribution in [1.82, 2.24) is 10.2 Å². The number of amides is 1. The smallest absolute Gasteiger partial charge is 0.237 e. The molecule has 0 aromatic heterocycles. The van der Waals surface area contributed by atoms with Crippen molar-refractivity contribution in [3.8, 4) is 0 Å². The van der Waals surface area contributed by atoms with E-state index in [1.165, 1.54) is 0 Å². The molecule has 1 saturated heterocycles. The SMILES string of the molecule is CC(C)COCCCNC(=O)C(C(C)C)N1CC(C)OC(C)C1. The van der Waals surface area contributed by atoms with Crippen LogP contribution in [0.3, 0.4) is 0 Å². The van der Waals surface area contributed by atoms with Crippen molar-refractivity contribution < 1.29 is 14.3 Å². The van der Waals surface area contributed by atoms with E-state index in [1.807, 2.05) is 0 Å². The number of nitrogens with one attached hydrogen (secondary N) is 1. The molecule has 1 aliphatic rings. The third-order valence-corrected chi connectivity index (χ3v) is 3.96. The second kappa shape index (κ2) is 10.3. The van der Waals surface area contributed by atoms with Gasteiger partial charge >= 0.3 is 0 Å². The topological polar surface area (TPSA) is 50.8 Å². The Morgan fingerprint density at radius 3 is 2.35 bits per heavy atom. The van der Waals surface area contributed by atoms with Crippen LogP contribution in [0.1, 0.15) is 48.0 Å². The van der Waals surface area contributed by atoms with Crippen LogP contribution in [0.5, 0.6) is 0 Å². The third kappa shape index (κ3) is 7.64. The van der Waals surface area contributed by atoms with Crippen molar-refractivity contribution in [1.29, 1.82) is 0 Å². The third-order valence-electron chi connectivity index (χ3n) is 3.96. The van der Waals surface area contributed by atoms with Gasteiger partial charge in [-0.3, -0.25) is 9.69 Å². The van der Waals surface area contributed by atoms with Crippen LogP contribution in [0.2, 0.25) is 0 Å². The van der Waals surface area contributed by atoms with Gasteiger partial charge in [-0.2, -0.15) is 0 Å². The summed E-state index contributed by atoms with van der Waals surface area (Å²) in [6.45, 7) is 16.4. The van der Waals surface area contributed by atoms with E-state index in [9.17, 15) is 4.79 Å². The Kier molecular flexibility index (Phi) is 9.10. The van der Waals surface area contributed by atoms with Crippen LogP contribution in [0, 0.1) is 11.8 Å². The molecule has 0 radical (unpaired) electrons. The maximum atomic E-state index is 12.6. The highest BCUT2D eigenvalue weighted by Crippen LogP contribution is 2.18. The minimum absolute atomic E-state index is 0.0830. The first-order valence-electron chi connectivity index (χ1n) is 9.06. The van der Waals surface area contributed by atoms with E-state index in [0.717, 1.165) is 26.1 Å². The first-order chi connectivity index (χ1) is 10.8. The number of ether oxygens (including phenoxy) is 2. The van der Waals surface area contributed by atoms with Crippen molar-refractivity contribution in [3.63, 3.8) is 0 Å². The number of hydrogen-bond acceptors (Lipinski definition) is 4. The highest BCUT2D eigenvalue weighted by molar-refractivity contribution is 5.82. The van der Waals surface area contributed by atoms with E-state index in [0.29, 0.717) is 19.1 Å². The van der Waals surface area contributed by atoms with Gasteiger partial charge in [0.1, 0.15) is 0 Å². The van der Waals surface area contributed by atoms with Crippen molar-refractivity contribution in [2.45, 2.75) is 66.2 Å². The standard InChI is InChI=1S/C18H36N2O3/c1-13(2)12-22-9-7-8-19-18(21)17(14(3)4)20-10-15(5)23-16(6)11-20/h13-17H,7-12H2,1-6H3,(H,19,21). The lowest BCUT2D eigenvalue weighted by molar-refractivity contribution is -0.135. The Morgan fingerprint density at radius 1 is 1.22 bits per heavy atom. The molecule has 0 bridgehead atoms. The van der Waals surface area contributed by atoms with Gasteiger partial charge in [-0.05, 0) is 32.1 Å². The highest BCUT2D eigenvalue weighted by atomic mass is 16.5. The fourth-order valence-corrected chi connectivity index (χ4v) is 3.14. The molecule has 5 nitrogen and oxygen atoms in total. The molecular formula is C18H36N2O3. The van der Waals surface area contributed by atoms with E-state index in [2.05, 4.69) is 51.8 Å². The largest absolute Gasteiger partial charge is 0.381 e. The Balaban J connectivity index is 2.39. The Bertz CT molecular complexity index is 337. The Morgan fingerprint density at radius 2 is 1.83 bits per heavy atom. The fourth-order valence-electron chi connectivity index (χ4n) is 3.14. The normalized spacial score (nSPS) is 24.2. The molecule has 0 saturated carbocycles. The summed E-state index contributed by atoms with van der Waals surface area (Å²) in [5.74, 6) is 0.968. The average Bonchev–Trinajstić information content (AvgIpc) is 2.41. The minimum Gasteiger partial charge on any atom is -0.381 e. The second-order valence-electron chi connectivity index (χ2n) is 7.51. The summed E-state index contributed by atoms with van der Waals surface area (Å²) in [5, 5.41) is 3.08. The zero-order valence-electron chi connectivity index (χ0n) is 15.8. The number of morpholine rings is 1. The molecule has 1 heterocycles. The molecule has 3 unspecified atom stereocenters. The summed E-state index contributed by atoms with van der Waals surface area (Å²) in [5.41, 5.74) is 0. The molecule has 0 aliphatic carbocycles. The van der Waals surface area contributed by atoms with E-state index in [4.69, 9.17) is 9.47 Å². The van der Waals surface area contributed by atoms with E-state index >= 15 is 0 Å². The second-order valence-corrected chi connectivity index (χ2v) is 7.51. The van der Waals surface area contributed by atoms with E-state index < -0.39 is 0 Å². The van der Waals surface area contributed by atoms with Gasteiger partial charge < -0.3 is 14.8 Å². The Hall–Kier alpha value is -0.650. The maximum absolute atomic E-state index is 12.6. The molecule has 3 atom stereocenters. The Labute approximate surface area is 142 Å². The molecule has 136 valence electrons. The number of hydrogen-bond donors (Lipinski definition) is 1. The van der Waals surface area contributed by atoms with Crippen LogP contribution in [-0.4, -0.2) is 61.9 Å². The number of nitrogens with zero attached hydrogens (tertiary/aromatic N) is 1. The monoisotopic (exact) mass is 328 g/mol. The summed E-state index contributed by atoms with van der Waals surface area (Å²) in [7, 11) is 0.